The van der Waals surface area contributed by atoms with E-state index in [9.17, 15) is 5.11 Å². The van der Waals surface area contributed by atoms with Gasteiger partial charge in [-0.05, 0) is 34.5 Å². The van der Waals surface area contributed by atoms with Crippen LogP contribution >= 0.6 is 15.9 Å². The predicted octanol–water partition coefficient (Wildman–Crippen LogP) is 4.36. The highest BCUT2D eigenvalue weighted by Gasteiger charge is 2.16. The van der Waals surface area contributed by atoms with Gasteiger partial charge in [-0.15, -0.1) is 0 Å². The Hall–Kier alpha value is -1.84. The maximum Gasteiger partial charge on any atom is 0.121 e. The van der Waals surface area contributed by atoms with Crippen LogP contribution in [0.5, 0.6) is 5.75 Å². The van der Waals surface area contributed by atoms with Gasteiger partial charge in [-0.25, -0.2) is 0 Å². The SMILES string of the molecule is N[C@H](c1ccccc1)c1c(O)ccc2cc(Br)ccc12. The Morgan fingerprint density at radius 2 is 1.70 bits per heavy atom. The van der Waals surface area contributed by atoms with E-state index in [2.05, 4.69) is 15.9 Å². The molecule has 0 aliphatic rings. The fourth-order valence-electron chi connectivity index (χ4n) is 2.47. The van der Waals surface area contributed by atoms with Crippen LogP contribution < -0.4 is 5.73 Å². The monoisotopic (exact) mass is 327 g/mol. The van der Waals surface area contributed by atoms with Crippen LogP contribution in [0.4, 0.5) is 0 Å². The smallest absolute Gasteiger partial charge is 0.121 e. The zero-order chi connectivity index (χ0) is 14.1. The second kappa shape index (κ2) is 5.27. The summed E-state index contributed by atoms with van der Waals surface area (Å²) in [6, 6.07) is 19.0. The summed E-state index contributed by atoms with van der Waals surface area (Å²) in [6.07, 6.45) is 0. The third kappa shape index (κ3) is 2.30. The summed E-state index contributed by atoms with van der Waals surface area (Å²) >= 11 is 3.46. The van der Waals surface area contributed by atoms with Crippen LogP contribution in [0, 0.1) is 0 Å². The van der Waals surface area contributed by atoms with Crippen molar-refractivity contribution in [3.05, 3.63) is 76.3 Å². The average Bonchev–Trinajstić information content (AvgIpc) is 2.48. The fraction of sp³-hybridized carbons (Fsp3) is 0.0588. The molecular weight excluding hydrogens is 314 g/mol. The number of nitrogens with two attached hydrogens (primary N) is 1. The average molecular weight is 328 g/mol. The van der Waals surface area contributed by atoms with Crippen LogP contribution in [-0.2, 0) is 0 Å². The number of hydrogen-bond donors (Lipinski definition) is 2. The maximum absolute atomic E-state index is 10.2. The van der Waals surface area contributed by atoms with Gasteiger partial charge in [0.25, 0.3) is 0 Å². The number of phenolic OH excluding ortho intramolecular Hbond substituents is 1. The molecule has 3 aromatic carbocycles. The number of benzene rings is 3. The molecule has 3 aromatic rings. The quantitative estimate of drug-likeness (QED) is 0.734. The molecule has 0 radical (unpaired) electrons. The first kappa shape index (κ1) is 13.2. The first-order valence-electron chi connectivity index (χ1n) is 6.38. The number of halogens is 1. The van der Waals surface area contributed by atoms with Crippen LogP contribution in [0.25, 0.3) is 10.8 Å². The summed E-state index contributed by atoms with van der Waals surface area (Å²) in [4.78, 5) is 0. The molecule has 0 spiro atoms. The minimum absolute atomic E-state index is 0.233. The molecule has 0 unspecified atom stereocenters. The number of rotatable bonds is 2. The first-order valence-corrected chi connectivity index (χ1v) is 7.18. The normalized spacial score (nSPS) is 12.5. The maximum atomic E-state index is 10.2. The highest BCUT2D eigenvalue weighted by atomic mass is 79.9. The van der Waals surface area contributed by atoms with E-state index in [1.165, 1.54) is 0 Å². The van der Waals surface area contributed by atoms with E-state index < -0.39 is 0 Å². The van der Waals surface area contributed by atoms with Crippen molar-refractivity contribution >= 4 is 26.7 Å². The van der Waals surface area contributed by atoms with Crippen LogP contribution in [0.3, 0.4) is 0 Å². The third-order valence-corrected chi connectivity index (χ3v) is 3.96. The Balaban J connectivity index is 2.22. The molecule has 0 aromatic heterocycles. The number of aromatic hydroxyl groups is 1. The summed E-state index contributed by atoms with van der Waals surface area (Å²) in [5.41, 5.74) is 8.10. The van der Waals surface area contributed by atoms with Gasteiger partial charge in [-0.1, -0.05) is 58.4 Å². The van der Waals surface area contributed by atoms with Crippen molar-refractivity contribution in [2.24, 2.45) is 5.73 Å². The number of fused-ring (bicyclic) bond motifs is 1. The highest BCUT2D eigenvalue weighted by Crippen LogP contribution is 2.35. The first-order chi connectivity index (χ1) is 9.66. The molecule has 0 fully saturated rings. The molecular formula is C17H14BrNO. The predicted molar refractivity (Wildman–Crippen MR) is 85.8 cm³/mol. The Labute approximate surface area is 126 Å². The Morgan fingerprint density at radius 1 is 0.950 bits per heavy atom. The van der Waals surface area contributed by atoms with Crippen molar-refractivity contribution in [2.75, 3.05) is 0 Å². The van der Waals surface area contributed by atoms with Crippen molar-refractivity contribution in [1.29, 1.82) is 0 Å². The van der Waals surface area contributed by atoms with Crippen molar-refractivity contribution in [2.45, 2.75) is 6.04 Å². The molecule has 0 heterocycles. The zero-order valence-electron chi connectivity index (χ0n) is 10.8. The lowest BCUT2D eigenvalue weighted by molar-refractivity contribution is 0.466. The Kier molecular flexibility index (Phi) is 3.47. The fourth-order valence-corrected chi connectivity index (χ4v) is 2.85. The van der Waals surface area contributed by atoms with Gasteiger partial charge in [0.1, 0.15) is 5.75 Å². The standard InChI is InChI=1S/C17H14BrNO/c18-13-7-8-14-12(10-13)6-9-15(20)16(14)17(19)11-4-2-1-3-5-11/h1-10,17,20H,19H2/t17-/m1/s1. The zero-order valence-corrected chi connectivity index (χ0v) is 12.3. The molecule has 0 bridgehead atoms. The van der Waals surface area contributed by atoms with Gasteiger partial charge in [0.15, 0.2) is 0 Å². The molecule has 0 amide bonds. The molecule has 3 N–H and O–H groups in total. The van der Waals surface area contributed by atoms with Gasteiger partial charge in [0.05, 0.1) is 6.04 Å². The van der Waals surface area contributed by atoms with Crippen molar-refractivity contribution in [3.63, 3.8) is 0 Å². The number of phenols is 1. The third-order valence-electron chi connectivity index (χ3n) is 3.47. The van der Waals surface area contributed by atoms with E-state index in [1.807, 2.05) is 54.6 Å². The lowest BCUT2D eigenvalue weighted by Crippen LogP contribution is -2.12. The molecule has 0 aliphatic heterocycles. The molecule has 0 aliphatic carbocycles. The van der Waals surface area contributed by atoms with Crippen LogP contribution in [0.1, 0.15) is 17.2 Å². The van der Waals surface area contributed by atoms with Gasteiger partial charge < -0.3 is 10.8 Å². The summed E-state index contributed by atoms with van der Waals surface area (Å²) in [7, 11) is 0. The molecule has 1 atom stereocenters. The van der Waals surface area contributed by atoms with Gasteiger partial charge >= 0.3 is 0 Å². The highest BCUT2D eigenvalue weighted by molar-refractivity contribution is 9.10. The summed E-state index contributed by atoms with van der Waals surface area (Å²) in [5.74, 6) is 0.233. The van der Waals surface area contributed by atoms with Gasteiger partial charge in [-0.2, -0.15) is 0 Å². The lowest BCUT2D eigenvalue weighted by Gasteiger charge is -2.17. The molecule has 20 heavy (non-hydrogen) atoms. The van der Waals surface area contributed by atoms with E-state index in [0.29, 0.717) is 0 Å². The van der Waals surface area contributed by atoms with E-state index in [1.54, 1.807) is 6.07 Å². The molecule has 100 valence electrons. The van der Waals surface area contributed by atoms with E-state index in [-0.39, 0.29) is 11.8 Å². The topological polar surface area (TPSA) is 46.2 Å². The van der Waals surface area contributed by atoms with Crippen molar-refractivity contribution in [1.82, 2.24) is 0 Å². The second-order valence-corrected chi connectivity index (χ2v) is 5.67. The van der Waals surface area contributed by atoms with Gasteiger partial charge in [-0.3, -0.25) is 0 Å². The molecule has 0 saturated carbocycles. The Bertz CT molecular complexity index is 756. The summed E-state index contributed by atoms with van der Waals surface area (Å²) < 4.78 is 1.01. The minimum Gasteiger partial charge on any atom is -0.508 e. The van der Waals surface area contributed by atoms with Crippen molar-refractivity contribution in [3.8, 4) is 5.75 Å². The van der Waals surface area contributed by atoms with Gasteiger partial charge in [0.2, 0.25) is 0 Å². The number of hydrogen-bond acceptors (Lipinski definition) is 2. The summed E-state index contributed by atoms with van der Waals surface area (Å²) in [6.45, 7) is 0. The molecule has 2 nitrogen and oxygen atoms in total. The van der Waals surface area contributed by atoms with Crippen LogP contribution in [0.2, 0.25) is 0 Å². The van der Waals surface area contributed by atoms with Crippen LogP contribution in [0.15, 0.2) is 65.1 Å². The van der Waals surface area contributed by atoms with Crippen LogP contribution in [-0.4, -0.2) is 5.11 Å². The second-order valence-electron chi connectivity index (χ2n) is 4.75. The van der Waals surface area contributed by atoms with Crippen molar-refractivity contribution < 1.29 is 5.11 Å². The largest absolute Gasteiger partial charge is 0.508 e. The van der Waals surface area contributed by atoms with Gasteiger partial charge in [0, 0.05) is 10.0 Å². The molecule has 3 rings (SSSR count). The van der Waals surface area contributed by atoms with E-state index in [0.717, 1.165) is 26.4 Å². The minimum atomic E-state index is -0.346. The van der Waals surface area contributed by atoms with E-state index in [4.69, 9.17) is 5.73 Å². The Morgan fingerprint density at radius 3 is 2.45 bits per heavy atom. The van der Waals surface area contributed by atoms with E-state index >= 15 is 0 Å². The summed E-state index contributed by atoms with van der Waals surface area (Å²) in [5, 5.41) is 12.2. The lowest BCUT2D eigenvalue weighted by atomic mass is 9.93. The molecule has 0 saturated heterocycles. The molecule has 3 heteroatoms.